The summed E-state index contributed by atoms with van der Waals surface area (Å²) in [5.41, 5.74) is 2.79. The first kappa shape index (κ1) is 12.0. The fraction of sp³-hybridized carbons (Fsp3) is 0.0714. The van der Waals surface area contributed by atoms with Crippen LogP contribution in [-0.4, -0.2) is 11.2 Å². The molecule has 0 aliphatic heterocycles. The lowest BCUT2D eigenvalue weighted by Gasteiger charge is -2.03. The maximum atomic E-state index is 10.9. The Balaban J connectivity index is 2.50. The highest BCUT2D eigenvalue weighted by molar-refractivity contribution is 5.84. The van der Waals surface area contributed by atoms with Gasteiger partial charge >= 0.3 is 0 Å². The summed E-state index contributed by atoms with van der Waals surface area (Å²) in [7, 11) is 0. The summed E-state index contributed by atoms with van der Waals surface area (Å²) < 4.78 is 0. The molecule has 0 aliphatic carbocycles. The molecule has 0 aromatic heterocycles. The maximum Gasteiger partial charge on any atom is 0.279 e. The van der Waals surface area contributed by atoms with Gasteiger partial charge in [0.1, 0.15) is 0 Å². The van der Waals surface area contributed by atoms with E-state index in [0.29, 0.717) is 6.29 Å². The van der Waals surface area contributed by atoms with Crippen LogP contribution in [0, 0.1) is 17.0 Å². The lowest BCUT2D eigenvalue weighted by atomic mass is 10.0. The normalized spacial score (nSPS) is 10.1. The Bertz CT molecular complexity index is 603. The molecule has 0 heterocycles. The Morgan fingerprint density at radius 2 is 1.67 bits per heavy atom. The van der Waals surface area contributed by atoms with Crippen LogP contribution in [-0.2, 0) is 0 Å². The molecule has 0 unspecified atom stereocenters. The van der Waals surface area contributed by atoms with Crippen molar-refractivity contribution in [3.05, 3.63) is 63.7 Å². The van der Waals surface area contributed by atoms with Crippen molar-refractivity contribution >= 4 is 12.0 Å². The summed E-state index contributed by atoms with van der Waals surface area (Å²) in [6.45, 7) is 1.98. The molecule has 2 aromatic carbocycles. The summed E-state index contributed by atoms with van der Waals surface area (Å²) in [4.78, 5) is 21.0. The molecule has 0 atom stereocenters. The number of benzene rings is 2. The van der Waals surface area contributed by atoms with Gasteiger partial charge in [0, 0.05) is 6.07 Å². The van der Waals surface area contributed by atoms with Gasteiger partial charge in [-0.1, -0.05) is 29.8 Å². The largest absolute Gasteiger partial charge is 0.298 e. The Hall–Kier alpha value is -2.49. The van der Waals surface area contributed by atoms with E-state index in [-0.39, 0.29) is 11.3 Å². The highest BCUT2D eigenvalue weighted by Gasteiger charge is 2.13. The average Bonchev–Trinajstić information content (AvgIpc) is 2.38. The summed E-state index contributed by atoms with van der Waals surface area (Å²) in [6.07, 6.45) is 0.510. The fourth-order valence-corrected chi connectivity index (χ4v) is 1.74. The zero-order valence-corrected chi connectivity index (χ0v) is 9.79. The van der Waals surface area contributed by atoms with Crippen LogP contribution in [0.25, 0.3) is 11.1 Å². The monoisotopic (exact) mass is 241 g/mol. The van der Waals surface area contributed by atoms with Crippen molar-refractivity contribution in [3.63, 3.8) is 0 Å². The lowest BCUT2D eigenvalue weighted by molar-refractivity contribution is -0.385. The Morgan fingerprint density at radius 3 is 2.22 bits per heavy atom. The van der Waals surface area contributed by atoms with E-state index in [4.69, 9.17) is 0 Å². The van der Waals surface area contributed by atoms with Crippen LogP contribution in [0.15, 0.2) is 42.5 Å². The van der Waals surface area contributed by atoms with E-state index in [1.165, 1.54) is 12.1 Å². The van der Waals surface area contributed by atoms with Crippen molar-refractivity contribution < 1.29 is 9.72 Å². The van der Waals surface area contributed by atoms with Crippen LogP contribution in [0.1, 0.15) is 15.9 Å². The number of hydrogen-bond acceptors (Lipinski definition) is 3. The molecule has 2 aromatic rings. The number of carbonyl (C=O) groups excluding carboxylic acids is 1. The zero-order chi connectivity index (χ0) is 13.1. The standard InChI is InChI=1S/C14H11NO3/c1-10-2-4-11(5-3-10)12-6-7-14(15(17)18)13(8-12)9-16/h2-9H,1H3. The van der Waals surface area contributed by atoms with Crippen LogP contribution in [0.4, 0.5) is 5.69 Å². The maximum absolute atomic E-state index is 10.9. The Kier molecular flexibility index (Phi) is 3.19. The highest BCUT2D eigenvalue weighted by Crippen LogP contribution is 2.25. The van der Waals surface area contributed by atoms with Crippen molar-refractivity contribution in [3.8, 4) is 11.1 Å². The molecule has 0 bridgehead atoms. The number of nitrogens with zero attached hydrogens (tertiary/aromatic N) is 1. The van der Waals surface area contributed by atoms with E-state index >= 15 is 0 Å². The summed E-state index contributed by atoms with van der Waals surface area (Å²) in [6, 6.07) is 12.3. The number of aryl methyl sites for hydroxylation is 1. The van der Waals surface area contributed by atoms with Crippen molar-refractivity contribution in [2.24, 2.45) is 0 Å². The minimum atomic E-state index is -0.553. The summed E-state index contributed by atoms with van der Waals surface area (Å²) in [5, 5.41) is 10.7. The van der Waals surface area contributed by atoms with Gasteiger partial charge in [0.2, 0.25) is 0 Å². The molecule has 0 saturated heterocycles. The topological polar surface area (TPSA) is 60.2 Å². The third-order valence-electron chi connectivity index (χ3n) is 2.74. The number of rotatable bonds is 3. The molecule has 0 fully saturated rings. The van der Waals surface area contributed by atoms with Gasteiger partial charge < -0.3 is 0 Å². The van der Waals surface area contributed by atoms with Gasteiger partial charge in [-0.3, -0.25) is 14.9 Å². The summed E-state index contributed by atoms with van der Waals surface area (Å²) in [5.74, 6) is 0. The zero-order valence-electron chi connectivity index (χ0n) is 9.79. The van der Waals surface area contributed by atoms with E-state index in [1.54, 1.807) is 6.07 Å². The smallest absolute Gasteiger partial charge is 0.279 e. The van der Waals surface area contributed by atoms with Crippen molar-refractivity contribution in [2.45, 2.75) is 6.92 Å². The molecular weight excluding hydrogens is 230 g/mol. The SMILES string of the molecule is Cc1ccc(-c2ccc([N+](=O)[O-])c(C=O)c2)cc1. The third-order valence-corrected chi connectivity index (χ3v) is 2.74. The number of nitro groups is 1. The number of aldehydes is 1. The summed E-state index contributed by atoms with van der Waals surface area (Å²) >= 11 is 0. The second-order valence-corrected chi connectivity index (χ2v) is 4.01. The molecule has 0 aliphatic rings. The quantitative estimate of drug-likeness (QED) is 0.470. The van der Waals surface area contributed by atoms with Gasteiger partial charge in [0.25, 0.3) is 5.69 Å². The lowest BCUT2D eigenvalue weighted by Crippen LogP contribution is -1.94. The molecule has 90 valence electrons. The highest BCUT2D eigenvalue weighted by atomic mass is 16.6. The van der Waals surface area contributed by atoms with Crippen LogP contribution in [0.5, 0.6) is 0 Å². The van der Waals surface area contributed by atoms with Crippen LogP contribution in [0.3, 0.4) is 0 Å². The molecule has 18 heavy (non-hydrogen) atoms. The first-order chi connectivity index (χ1) is 8.61. The first-order valence-electron chi connectivity index (χ1n) is 5.42. The Labute approximate surface area is 104 Å². The number of hydrogen-bond donors (Lipinski definition) is 0. The van der Waals surface area contributed by atoms with Crippen molar-refractivity contribution in [1.82, 2.24) is 0 Å². The first-order valence-corrected chi connectivity index (χ1v) is 5.42. The van der Waals surface area contributed by atoms with Gasteiger partial charge in [0.15, 0.2) is 6.29 Å². The molecule has 2 rings (SSSR count). The van der Waals surface area contributed by atoms with Gasteiger partial charge in [-0.15, -0.1) is 0 Å². The van der Waals surface area contributed by atoms with Crippen LogP contribution >= 0.6 is 0 Å². The number of carbonyl (C=O) groups is 1. The van der Waals surface area contributed by atoms with E-state index in [1.807, 2.05) is 31.2 Å². The van der Waals surface area contributed by atoms with E-state index < -0.39 is 4.92 Å². The van der Waals surface area contributed by atoms with Gasteiger partial charge in [-0.25, -0.2) is 0 Å². The van der Waals surface area contributed by atoms with Crippen LogP contribution in [0.2, 0.25) is 0 Å². The molecule has 0 spiro atoms. The fourth-order valence-electron chi connectivity index (χ4n) is 1.74. The molecule has 0 saturated carbocycles. The minimum Gasteiger partial charge on any atom is -0.298 e. The van der Waals surface area contributed by atoms with Crippen molar-refractivity contribution in [2.75, 3.05) is 0 Å². The van der Waals surface area contributed by atoms with Gasteiger partial charge in [-0.05, 0) is 30.2 Å². The predicted octanol–water partition coefficient (Wildman–Crippen LogP) is 3.38. The van der Waals surface area contributed by atoms with Crippen molar-refractivity contribution in [1.29, 1.82) is 0 Å². The molecular formula is C14H11NO3. The molecule has 0 amide bonds. The Morgan fingerprint density at radius 1 is 1.06 bits per heavy atom. The third kappa shape index (κ3) is 2.27. The van der Waals surface area contributed by atoms with Gasteiger partial charge in [0.05, 0.1) is 10.5 Å². The molecule has 0 radical (unpaired) electrons. The van der Waals surface area contributed by atoms with Crippen LogP contribution < -0.4 is 0 Å². The molecule has 4 heteroatoms. The minimum absolute atomic E-state index is 0.0954. The van der Waals surface area contributed by atoms with E-state index in [2.05, 4.69) is 0 Å². The number of nitro benzene ring substituents is 1. The second kappa shape index (κ2) is 4.79. The van der Waals surface area contributed by atoms with E-state index in [0.717, 1.165) is 16.7 Å². The molecule has 0 N–H and O–H groups in total. The molecule has 4 nitrogen and oxygen atoms in total. The van der Waals surface area contributed by atoms with Gasteiger partial charge in [-0.2, -0.15) is 0 Å². The predicted molar refractivity (Wildman–Crippen MR) is 68.7 cm³/mol. The van der Waals surface area contributed by atoms with E-state index in [9.17, 15) is 14.9 Å². The average molecular weight is 241 g/mol. The second-order valence-electron chi connectivity index (χ2n) is 4.01.